The van der Waals surface area contributed by atoms with Crippen molar-refractivity contribution in [2.24, 2.45) is 5.92 Å². The Bertz CT molecular complexity index is 236. The molecule has 2 rings (SSSR count). The van der Waals surface area contributed by atoms with Crippen LogP contribution in [0.3, 0.4) is 0 Å². The summed E-state index contributed by atoms with van der Waals surface area (Å²) in [5, 5.41) is 0. The van der Waals surface area contributed by atoms with Crippen LogP contribution in [0.1, 0.15) is 44.9 Å². The molecule has 0 aromatic carbocycles. The minimum Gasteiger partial charge on any atom is -0.461 e. The summed E-state index contributed by atoms with van der Waals surface area (Å²) in [5.41, 5.74) is 0. The van der Waals surface area contributed by atoms with Crippen LogP contribution >= 0.6 is 0 Å². The van der Waals surface area contributed by atoms with Crippen molar-refractivity contribution >= 4 is 5.97 Å². The van der Waals surface area contributed by atoms with Crippen molar-refractivity contribution in [1.82, 2.24) is 4.90 Å². The molecule has 1 saturated heterocycles. The first-order valence-corrected chi connectivity index (χ1v) is 6.65. The van der Waals surface area contributed by atoms with Crippen molar-refractivity contribution in [3.63, 3.8) is 0 Å². The van der Waals surface area contributed by atoms with Crippen LogP contribution < -0.4 is 0 Å². The monoisotopic (exact) mass is 225 g/mol. The van der Waals surface area contributed by atoms with Gasteiger partial charge >= 0.3 is 5.97 Å². The van der Waals surface area contributed by atoms with E-state index in [1.54, 1.807) is 0 Å². The molecule has 0 radical (unpaired) electrons. The number of piperidine rings is 1. The SMILES string of the molecule is CN1CCC[C@H](OC(=O)C2CCCCC2)C1. The number of hydrogen-bond donors (Lipinski definition) is 0. The lowest BCUT2D eigenvalue weighted by atomic mass is 9.89. The van der Waals surface area contributed by atoms with Gasteiger partial charge in [0.25, 0.3) is 0 Å². The zero-order chi connectivity index (χ0) is 11.4. The Balaban J connectivity index is 1.77. The quantitative estimate of drug-likeness (QED) is 0.675. The Labute approximate surface area is 98.1 Å². The van der Waals surface area contributed by atoms with Gasteiger partial charge in [0.15, 0.2) is 0 Å². The topological polar surface area (TPSA) is 29.5 Å². The normalized spacial score (nSPS) is 28.9. The van der Waals surface area contributed by atoms with E-state index in [0.29, 0.717) is 0 Å². The molecule has 0 aromatic rings. The van der Waals surface area contributed by atoms with Crippen molar-refractivity contribution in [2.45, 2.75) is 51.0 Å². The van der Waals surface area contributed by atoms with Gasteiger partial charge < -0.3 is 9.64 Å². The summed E-state index contributed by atoms with van der Waals surface area (Å²) in [5.74, 6) is 0.265. The number of rotatable bonds is 2. The van der Waals surface area contributed by atoms with Gasteiger partial charge in [0.2, 0.25) is 0 Å². The molecule has 1 aliphatic carbocycles. The van der Waals surface area contributed by atoms with Crippen LogP contribution in [0, 0.1) is 5.92 Å². The van der Waals surface area contributed by atoms with E-state index in [1.165, 1.54) is 19.3 Å². The molecular weight excluding hydrogens is 202 g/mol. The van der Waals surface area contributed by atoms with Crippen LogP contribution in [0.2, 0.25) is 0 Å². The van der Waals surface area contributed by atoms with Crippen molar-refractivity contribution < 1.29 is 9.53 Å². The Morgan fingerprint density at radius 2 is 1.88 bits per heavy atom. The minimum atomic E-state index is 0.0694. The fourth-order valence-electron chi connectivity index (χ4n) is 2.81. The number of carbonyl (C=O) groups excluding carboxylic acids is 1. The highest BCUT2D eigenvalue weighted by Crippen LogP contribution is 2.25. The number of carbonyl (C=O) groups is 1. The van der Waals surface area contributed by atoms with Crippen molar-refractivity contribution in [1.29, 1.82) is 0 Å². The summed E-state index contributed by atoms with van der Waals surface area (Å²) >= 11 is 0. The first-order valence-electron chi connectivity index (χ1n) is 6.65. The summed E-state index contributed by atoms with van der Waals surface area (Å²) in [4.78, 5) is 14.2. The third-order valence-corrected chi connectivity index (χ3v) is 3.80. The molecule has 0 aromatic heterocycles. The van der Waals surface area contributed by atoms with Gasteiger partial charge in [-0.3, -0.25) is 4.79 Å². The lowest BCUT2D eigenvalue weighted by Gasteiger charge is -2.31. The van der Waals surface area contributed by atoms with E-state index in [9.17, 15) is 4.79 Å². The second-order valence-corrected chi connectivity index (χ2v) is 5.30. The maximum absolute atomic E-state index is 11.9. The first kappa shape index (κ1) is 11.9. The molecule has 1 aliphatic heterocycles. The van der Waals surface area contributed by atoms with Crippen LogP contribution in [0.25, 0.3) is 0 Å². The van der Waals surface area contributed by atoms with Gasteiger partial charge in [-0.25, -0.2) is 0 Å². The number of likely N-dealkylation sites (N-methyl/N-ethyl adjacent to an activating group) is 1. The average molecular weight is 225 g/mol. The van der Waals surface area contributed by atoms with Gasteiger partial charge in [0.1, 0.15) is 6.10 Å². The number of likely N-dealkylation sites (tertiary alicyclic amines) is 1. The molecular formula is C13H23NO2. The highest BCUT2D eigenvalue weighted by Gasteiger charge is 2.26. The third-order valence-electron chi connectivity index (χ3n) is 3.80. The molecule has 92 valence electrons. The molecule has 0 spiro atoms. The van der Waals surface area contributed by atoms with E-state index in [1.807, 2.05) is 0 Å². The molecule has 2 aliphatic rings. The smallest absolute Gasteiger partial charge is 0.309 e. The highest BCUT2D eigenvalue weighted by molar-refractivity contribution is 5.72. The standard InChI is InChI=1S/C13H23NO2/c1-14-9-5-8-12(10-14)16-13(15)11-6-3-2-4-7-11/h11-12H,2-10H2,1H3/t12-/m0/s1. The molecule has 1 heterocycles. The molecule has 16 heavy (non-hydrogen) atoms. The van der Waals surface area contributed by atoms with E-state index >= 15 is 0 Å². The molecule has 0 unspecified atom stereocenters. The van der Waals surface area contributed by atoms with E-state index in [4.69, 9.17) is 4.74 Å². The van der Waals surface area contributed by atoms with Crippen molar-refractivity contribution in [2.75, 3.05) is 20.1 Å². The molecule has 2 fully saturated rings. The average Bonchev–Trinajstić information content (AvgIpc) is 2.30. The highest BCUT2D eigenvalue weighted by atomic mass is 16.5. The number of hydrogen-bond acceptors (Lipinski definition) is 3. The summed E-state index contributed by atoms with van der Waals surface area (Å²) in [6.45, 7) is 2.05. The zero-order valence-electron chi connectivity index (χ0n) is 10.3. The van der Waals surface area contributed by atoms with E-state index in [-0.39, 0.29) is 18.0 Å². The molecule has 0 N–H and O–H groups in total. The number of esters is 1. The summed E-state index contributed by atoms with van der Waals surface area (Å²) in [6, 6.07) is 0. The maximum Gasteiger partial charge on any atom is 0.309 e. The van der Waals surface area contributed by atoms with Gasteiger partial charge in [-0.2, -0.15) is 0 Å². The fourth-order valence-corrected chi connectivity index (χ4v) is 2.81. The number of nitrogens with zero attached hydrogens (tertiary/aromatic N) is 1. The Kier molecular flexibility index (Phi) is 4.22. The molecule has 3 heteroatoms. The fraction of sp³-hybridized carbons (Fsp3) is 0.923. The summed E-state index contributed by atoms with van der Waals surface area (Å²) < 4.78 is 5.62. The van der Waals surface area contributed by atoms with Gasteiger partial charge in [-0.15, -0.1) is 0 Å². The van der Waals surface area contributed by atoms with Crippen molar-refractivity contribution in [3.8, 4) is 0 Å². The summed E-state index contributed by atoms with van der Waals surface area (Å²) in [7, 11) is 2.10. The van der Waals surface area contributed by atoms with Gasteiger partial charge in [0.05, 0.1) is 5.92 Å². The molecule has 0 bridgehead atoms. The zero-order valence-corrected chi connectivity index (χ0v) is 10.3. The molecule has 1 saturated carbocycles. The third kappa shape index (κ3) is 3.21. The van der Waals surface area contributed by atoms with Crippen LogP contribution in [-0.4, -0.2) is 37.1 Å². The largest absolute Gasteiger partial charge is 0.461 e. The molecule has 0 amide bonds. The van der Waals surface area contributed by atoms with Crippen LogP contribution in [-0.2, 0) is 9.53 Å². The first-order chi connectivity index (χ1) is 7.75. The molecule has 1 atom stereocenters. The van der Waals surface area contributed by atoms with E-state index in [0.717, 1.165) is 38.8 Å². The Morgan fingerprint density at radius 1 is 1.12 bits per heavy atom. The van der Waals surface area contributed by atoms with Crippen LogP contribution in [0.15, 0.2) is 0 Å². The second kappa shape index (κ2) is 5.67. The van der Waals surface area contributed by atoms with Gasteiger partial charge in [-0.1, -0.05) is 19.3 Å². The van der Waals surface area contributed by atoms with Gasteiger partial charge in [0, 0.05) is 6.54 Å². The number of ether oxygens (including phenoxy) is 1. The van der Waals surface area contributed by atoms with E-state index < -0.39 is 0 Å². The lowest BCUT2D eigenvalue weighted by Crippen LogP contribution is -2.39. The predicted molar refractivity (Wildman–Crippen MR) is 63.2 cm³/mol. The second-order valence-electron chi connectivity index (χ2n) is 5.30. The Hall–Kier alpha value is -0.570. The molecule has 3 nitrogen and oxygen atoms in total. The minimum absolute atomic E-state index is 0.0694. The van der Waals surface area contributed by atoms with Gasteiger partial charge in [-0.05, 0) is 39.3 Å². The Morgan fingerprint density at radius 3 is 2.56 bits per heavy atom. The van der Waals surface area contributed by atoms with Crippen molar-refractivity contribution in [3.05, 3.63) is 0 Å². The lowest BCUT2D eigenvalue weighted by molar-refractivity contribution is -0.157. The van der Waals surface area contributed by atoms with Crippen LogP contribution in [0.5, 0.6) is 0 Å². The van der Waals surface area contributed by atoms with Crippen LogP contribution in [0.4, 0.5) is 0 Å². The predicted octanol–water partition coefficient (Wildman–Crippen LogP) is 2.20. The maximum atomic E-state index is 11.9. The summed E-state index contributed by atoms with van der Waals surface area (Å²) in [6.07, 6.45) is 8.11. The van der Waals surface area contributed by atoms with E-state index in [2.05, 4.69) is 11.9 Å².